The third kappa shape index (κ3) is 5.68. The Bertz CT molecular complexity index is 1100. The van der Waals surface area contributed by atoms with Crippen LogP contribution in [0.5, 0.6) is 0 Å². The molecule has 4 rings (SSSR count). The molecule has 3 N–H and O–H groups in total. The molecular weight excluding hydrogens is 468 g/mol. The molecule has 0 spiro atoms. The number of nitrogens with one attached hydrogen (secondary N) is 3. The second kappa shape index (κ2) is 10.3. The predicted octanol–water partition coefficient (Wildman–Crippen LogP) is 5.62. The van der Waals surface area contributed by atoms with E-state index in [0.717, 1.165) is 41.7 Å². The van der Waals surface area contributed by atoms with Crippen molar-refractivity contribution in [3.05, 3.63) is 88.4 Å². The third-order valence-corrected chi connectivity index (χ3v) is 5.82. The van der Waals surface area contributed by atoms with Gasteiger partial charge in [0.2, 0.25) is 0 Å². The van der Waals surface area contributed by atoms with Crippen LogP contribution in [0.2, 0.25) is 0 Å². The van der Waals surface area contributed by atoms with Crippen molar-refractivity contribution < 1.29 is 9.59 Å². The monoisotopic (exact) mass is 492 g/mol. The topological polar surface area (TPSA) is 73.5 Å². The highest BCUT2D eigenvalue weighted by molar-refractivity contribution is 9.10. The zero-order valence-corrected chi connectivity index (χ0v) is 19.2. The van der Waals surface area contributed by atoms with E-state index in [-0.39, 0.29) is 11.9 Å². The summed E-state index contributed by atoms with van der Waals surface area (Å²) in [6.07, 6.45) is 2.22. The van der Waals surface area contributed by atoms with Gasteiger partial charge in [-0.2, -0.15) is 0 Å². The molecule has 7 heteroatoms. The van der Waals surface area contributed by atoms with Crippen molar-refractivity contribution in [3.8, 4) is 0 Å². The molecule has 1 heterocycles. The molecule has 32 heavy (non-hydrogen) atoms. The minimum absolute atomic E-state index is 0.160. The lowest BCUT2D eigenvalue weighted by molar-refractivity contribution is 0.0951. The second-order valence-corrected chi connectivity index (χ2v) is 8.60. The van der Waals surface area contributed by atoms with Gasteiger partial charge in [0.1, 0.15) is 0 Å². The molecule has 0 bridgehead atoms. The van der Waals surface area contributed by atoms with E-state index in [2.05, 4.69) is 36.8 Å². The van der Waals surface area contributed by atoms with Crippen molar-refractivity contribution in [1.82, 2.24) is 5.32 Å². The molecular formula is C25H25BrN4O2. The number of carbonyl (C=O) groups is 2. The summed E-state index contributed by atoms with van der Waals surface area (Å²) in [5, 5.41) is 8.64. The average Bonchev–Trinajstić information content (AvgIpc) is 3.33. The number of carbonyl (C=O) groups excluding carboxylic acids is 2. The maximum absolute atomic E-state index is 13.1. The van der Waals surface area contributed by atoms with Gasteiger partial charge in [0, 0.05) is 41.2 Å². The van der Waals surface area contributed by atoms with Crippen molar-refractivity contribution in [2.45, 2.75) is 19.4 Å². The SMILES string of the molecule is O=C(Nc1cccc(Br)c1)Nc1ccc(N2CCCC2)c(C(=O)NCc2ccccc2)c1. The minimum Gasteiger partial charge on any atom is -0.371 e. The summed E-state index contributed by atoms with van der Waals surface area (Å²) >= 11 is 3.40. The summed E-state index contributed by atoms with van der Waals surface area (Å²) in [6, 6.07) is 22.3. The molecule has 1 saturated heterocycles. The number of halogens is 1. The van der Waals surface area contributed by atoms with Crippen LogP contribution in [0.3, 0.4) is 0 Å². The number of hydrogen-bond donors (Lipinski definition) is 3. The molecule has 0 radical (unpaired) electrons. The zero-order chi connectivity index (χ0) is 22.3. The molecule has 1 aliphatic heterocycles. The summed E-state index contributed by atoms with van der Waals surface area (Å²) in [4.78, 5) is 27.8. The number of nitrogens with zero attached hydrogens (tertiary/aromatic N) is 1. The first kappa shape index (κ1) is 21.9. The fourth-order valence-electron chi connectivity index (χ4n) is 3.76. The number of hydrogen-bond acceptors (Lipinski definition) is 3. The number of anilines is 3. The van der Waals surface area contributed by atoms with Crippen LogP contribution in [0.25, 0.3) is 0 Å². The van der Waals surface area contributed by atoms with E-state index in [4.69, 9.17) is 0 Å². The lowest BCUT2D eigenvalue weighted by Crippen LogP contribution is -2.27. The Balaban J connectivity index is 1.50. The first-order chi connectivity index (χ1) is 15.6. The molecule has 0 aromatic heterocycles. The van der Waals surface area contributed by atoms with Crippen LogP contribution in [0.4, 0.5) is 21.9 Å². The van der Waals surface area contributed by atoms with Crippen LogP contribution in [-0.4, -0.2) is 25.0 Å². The molecule has 3 aromatic carbocycles. The third-order valence-electron chi connectivity index (χ3n) is 5.32. The molecule has 0 unspecified atom stereocenters. The summed E-state index contributed by atoms with van der Waals surface area (Å²) < 4.78 is 0.877. The summed E-state index contributed by atoms with van der Waals surface area (Å²) in [7, 11) is 0. The Hall–Kier alpha value is -3.32. The Morgan fingerprint density at radius 2 is 1.56 bits per heavy atom. The highest BCUT2D eigenvalue weighted by Crippen LogP contribution is 2.28. The van der Waals surface area contributed by atoms with Crippen LogP contribution in [0, 0.1) is 0 Å². The quantitative estimate of drug-likeness (QED) is 0.417. The van der Waals surface area contributed by atoms with Crippen LogP contribution >= 0.6 is 15.9 Å². The van der Waals surface area contributed by atoms with E-state index < -0.39 is 0 Å². The van der Waals surface area contributed by atoms with E-state index in [1.165, 1.54) is 0 Å². The van der Waals surface area contributed by atoms with Gasteiger partial charge in [-0.05, 0) is 54.8 Å². The first-order valence-corrected chi connectivity index (χ1v) is 11.4. The fraction of sp³-hybridized carbons (Fsp3) is 0.200. The van der Waals surface area contributed by atoms with E-state index in [9.17, 15) is 9.59 Å². The van der Waals surface area contributed by atoms with E-state index >= 15 is 0 Å². The fourth-order valence-corrected chi connectivity index (χ4v) is 4.16. The van der Waals surface area contributed by atoms with Crippen molar-refractivity contribution in [2.24, 2.45) is 0 Å². The second-order valence-electron chi connectivity index (χ2n) is 7.68. The summed E-state index contributed by atoms with van der Waals surface area (Å²) in [5.74, 6) is -0.160. The molecule has 0 aliphatic carbocycles. The van der Waals surface area contributed by atoms with Crippen molar-refractivity contribution in [1.29, 1.82) is 0 Å². The van der Waals surface area contributed by atoms with Gasteiger partial charge in [-0.1, -0.05) is 52.3 Å². The highest BCUT2D eigenvalue weighted by Gasteiger charge is 2.20. The van der Waals surface area contributed by atoms with Gasteiger partial charge in [-0.15, -0.1) is 0 Å². The van der Waals surface area contributed by atoms with E-state index in [1.54, 1.807) is 6.07 Å². The maximum atomic E-state index is 13.1. The molecule has 1 fully saturated rings. The van der Waals surface area contributed by atoms with Crippen molar-refractivity contribution >= 4 is 44.9 Å². The lowest BCUT2D eigenvalue weighted by Gasteiger charge is -2.22. The van der Waals surface area contributed by atoms with E-state index in [0.29, 0.717) is 23.5 Å². The Morgan fingerprint density at radius 3 is 2.28 bits per heavy atom. The number of benzene rings is 3. The van der Waals surface area contributed by atoms with E-state index in [1.807, 2.05) is 66.7 Å². The van der Waals surface area contributed by atoms with Gasteiger partial charge in [0.05, 0.1) is 5.56 Å². The number of rotatable bonds is 6. The van der Waals surface area contributed by atoms with Crippen LogP contribution < -0.4 is 20.9 Å². The zero-order valence-electron chi connectivity index (χ0n) is 17.6. The molecule has 3 aromatic rings. The molecule has 0 atom stereocenters. The van der Waals surface area contributed by atoms with Gasteiger partial charge < -0.3 is 20.9 Å². The number of urea groups is 1. The Morgan fingerprint density at radius 1 is 0.844 bits per heavy atom. The van der Waals surface area contributed by atoms with Crippen LogP contribution in [0.15, 0.2) is 77.3 Å². The minimum atomic E-state index is -0.368. The normalized spacial score (nSPS) is 13.0. The molecule has 3 amide bonds. The lowest BCUT2D eigenvalue weighted by atomic mass is 10.1. The Labute approximate surface area is 196 Å². The molecule has 164 valence electrons. The summed E-state index contributed by atoms with van der Waals surface area (Å²) in [6.45, 7) is 2.30. The number of amides is 3. The van der Waals surface area contributed by atoms with Gasteiger partial charge in [0.25, 0.3) is 5.91 Å². The van der Waals surface area contributed by atoms with Crippen molar-refractivity contribution in [2.75, 3.05) is 28.6 Å². The standard InChI is InChI=1S/C25H25BrN4O2/c26-19-9-6-10-20(15-19)28-25(32)29-21-11-12-23(30-13-4-5-14-30)22(16-21)24(31)27-17-18-7-2-1-3-8-18/h1-3,6-12,15-16H,4-5,13-14,17H2,(H,27,31)(H2,28,29,32). The smallest absolute Gasteiger partial charge is 0.323 e. The van der Waals surface area contributed by atoms with Crippen LogP contribution in [0.1, 0.15) is 28.8 Å². The molecule has 6 nitrogen and oxygen atoms in total. The molecule has 0 saturated carbocycles. The van der Waals surface area contributed by atoms with Gasteiger partial charge in [-0.3, -0.25) is 4.79 Å². The summed E-state index contributed by atoms with van der Waals surface area (Å²) in [5.41, 5.74) is 3.72. The largest absolute Gasteiger partial charge is 0.371 e. The average molecular weight is 493 g/mol. The molecule has 1 aliphatic rings. The van der Waals surface area contributed by atoms with Crippen molar-refractivity contribution in [3.63, 3.8) is 0 Å². The first-order valence-electron chi connectivity index (χ1n) is 10.6. The van der Waals surface area contributed by atoms with Gasteiger partial charge in [0.15, 0.2) is 0 Å². The highest BCUT2D eigenvalue weighted by atomic mass is 79.9. The Kier molecular flexibility index (Phi) is 7.07. The van der Waals surface area contributed by atoms with Gasteiger partial charge >= 0.3 is 6.03 Å². The van der Waals surface area contributed by atoms with Crippen LogP contribution in [-0.2, 0) is 6.54 Å². The predicted molar refractivity (Wildman–Crippen MR) is 132 cm³/mol. The maximum Gasteiger partial charge on any atom is 0.323 e. The van der Waals surface area contributed by atoms with Gasteiger partial charge in [-0.25, -0.2) is 4.79 Å².